The van der Waals surface area contributed by atoms with Crippen molar-refractivity contribution >= 4 is 21.5 Å². The summed E-state index contributed by atoms with van der Waals surface area (Å²) in [5.41, 5.74) is 2.86. The summed E-state index contributed by atoms with van der Waals surface area (Å²) in [7, 11) is -2.14. The van der Waals surface area contributed by atoms with Gasteiger partial charge in [0.15, 0.2) is 5.82 Å². The molecule has 0 unspecified atom stereocenters. The summed E-state index contributed by atoms with van der Waals surface area (Å²) in [4.78, 5) is 2.46. The average molecular weight is 453 g/mol. The maximum Gasteiger partial charge on any atom is 0.261 e. The maximum atomic E-state index is 12.7. The molecule has 0 radical (unpaired) electrons. The first kappa shape index (κ1) is 22.1. The molecule has 0 aliphatic carbocycles. The van der Waals surface area contributed by atoms with Gasteiger partial charge in [0.25, 0.3) is 10.0 Å². The summed E-state index contributed by atoms with van der Waals surface area (Å²) in [5.74, 6) is 2.32. The Morgan fingerprint density at radius 1 is 1.00 bits per heavy atom. The highest BCUT2D eigenvalue weighted by molar-refractivity contribution is 7.92. The van der Waals surface area contributed by atoms with Gasteiger partial charge in [-0.15, -0.1) is 10.2 Å². The van der Waals surface area contributed by atoms with Crippen LogP contribution < -0.4 is 14.4 Å². The molecule has 1 fully saturated rings. The minimum absolute atomic E-state index is 0.188. The third-order valence-electron chi connectivity index (χ3n) is 5.87. The SMILES string of the molecule is COc1ccc(S(=O)(=O)Nc2ccc(-c3ccc(N4CCC(C)CC4)nn3)cc2)cc1C. The van der Waals surface area contributed by atoms with Crippen LogP contribution in [0.2, 0.25) is 0 Å². The van der Waals surface area contributed by atoms with Gasteiger partial charge in [0, 0.05) is 24.3 Å². The third-order valence-corrected chi connectivity index (χ3v) is 7.25. The van der Waals surface area contributed by atoms with Crippen LogP contribution in [-0.2, 0) is 10.0 Å². The van der Waals surface area contributed by atoms with Crippen LogP contribution in [0.1, 0.15) is 25.3 Å². The fraction of sp³-hybridized carbons (Fsp3) is 0.333. The van der Waals surface area contributed by atoms with Gasteiger partial charge in [-0.05, 0) is 73.7 Å². The number of nitrogens with one attached hydrogen (secondary N) is 1. The zero-order valence-electron chi connectivity index (χ0n) is 18.6. The van der Waals surface area contributed by atoms with Crippen molar-refractivity contribution in [3.63, 3.8) is 0 Å². The van der Waals surface area contributed by atoms with Crippen molar-refractivity contribution in [3.05, 3.63) is 60.2 Å². The lowest BCUT2D eigenvalue weighted by atomic mass is 9.99. The highest BCUT2D eigenvalue weighted by Crippen LogP contribution is 2.26. The van der Waals surface area contributed by atoms with Gasteiger partial charge in [-0.25, -0.2) is 8.42 Å². The van der Waals surface area contributed by atoms with E-state index in [9.17, 15) is 8.42 Å². The first-order valence-corrected chi connectivity index (χ1v) is 12.2. The number of anilines is 2. The molecule has 2 heterocycles. The second kappa shape index (κ2) is 9.16. The highest BCUT2D eigenvalue weighted by Gasteiger charge is 2.18. The molecule has 8 heteroatoms. The molecule has 0 atom stereocenters. The average Bonchev–Trinajstić information content (AvgIpc) is 2.80. The molecule has 0 amide bonds. The van der Waals surface area contributed by atoms with Crippen LogP contribution in [0.15, 0.2) is 59.5 Å². The lowest BCUT2D eigenvalue weighted by Gasteiger charge is -2.30. The topological polar surface area (TPSA) is 84.4 Å². The molecule has 1 N–H and O–H groups in total. The zero-order valence-corrected chi connectivity index (χ0v) is 19.4. The number of nitrogens with zero attached hydrogens (tertiary/aromatic N) is 3. The largest absolute Gasteiger partial charge is 0.496 e. The van der Waals surface area contributed by atoms with E-state index in [1.54, 1.807) is 31.4 Å². The lowest BCUT2D eigenvalue weighted by molar-refractivity contribution is 0.411. The fourth-order valence-corrected chi connectivity index (χ4v) is 4.97. The Bertz CT molecular complexity index is 1170. The molecule has 1 aromatic heterocycles. The molecular formula is C24H28N4O3S. The summed E-state index contributed by atoms with van der Waals surface area (Å²) in [6.07, 6.45) is 2.35. The van der Waals surface area contributed by atoms with Gasteiger partial charge in [0.1, 0.15) is 5.75 Å². The van der Waals surface area contributed by atoms with Crippen LogP contribution in [-0.4, -0.2) is 38.8 Å². The molecule has 1 saturated heterocycles. The molecule has 7 nitrogen and oxygen atoms in total. The summed E-state index contributed by atoms with van der Waals surface area (Å²) in [5, 5.41) is 8.78. The first-order valence-electron chi connectivity index (χ1n) is 10.7. The minimum atomic E-state index is -3.70. The summed E-state index contributed by atoms with van der Waals surface area (Å²) in [6, 6.07) is 15.9. The maximum absolute atomic E-state index is 12.7. The van der Waals surface area contributed by atoms with E-state index in [1.807, 2.05) is 31.2 Å². The van der Waals surface area contributed by atoms with Crippen molar-refractivity contribution in [1.29, 1.82) is 0 Å². The summed E-state index contributed by atoms with van der Waals surface area (Å²) >= 11 is 0. The molecular weight excluding hydrogens is 424 g/mol. The van der Waals surface area contributed by atoms with E-state index in [1.165, 1.54) is 18.9 Å². The quantitative estimate of drug-likeness (QED) is 0.593. The van der Waals surface area contributed by atoms with Crippen LogP contribution >= 0.6 is 0 Å². The molecule has 0 saturated carbocycles. The number of hydrogen-bond donors (Lipinski definition) is 1. The number of rotatable bonds is 6. The lowest BCUT2D eigenvalue weighted by Crippen LogP contribution is -2.33. The van der Waals surface area contributed by atoms with Gasteiger partial charge in [-0.1, -0.05) is 19.1 Å². The molecule has 2 aromatic carbocycles. The predicted octanol–water partition coefficient (Wildman–Crippen LogP) is 4.50. The van der Waals surface area contributed by atoms with Gasteiger partial charge in [-0.3, -0.25) is 4.72 Å². The van der Waals surface area contributed by atoms with Crippen molar-refractivity contribution < 1.29 is 13.2 Å². The van der Waals surface area contributed by atoms with Crippen molar-refractivity contribution in [2.45, 2.75) is 31.6 Å². The molecule has 168 valence electrons. The van der Waals surface area contributed by atoms with Crippen molar-refractivity contribution in [3.8, 4) is 17.0 Å². The molecule has 32 heavy (non-hydrogen) atoms. The highest BCUT2D eigenvalue weighted by atomic mass is 32.2. The molecule has 1 aliphatic rings. The normalized spacial score (nSPS) is 14.9. The third kappa shape index (κ3) is 4.85. The monoisotopic (exact) mass is 452 g/mol. The van der Waals surface area contributed by atoms with E-state index in [0.29, 0.717) is 11.4 Å². The van der Waals surface area contributed by atoms with Gasteiger partial charge in [-0.2, -0.15) is 0 Å². The zero-order chi connectivity index (χ0) is 22.7. The van der Waals surface area contributed by atoms with Crippen LogP contribution in [0.3, 0.4) is 0 Å². The molecule has 0 bridgehead atoms. The van der Waals surface area contributed by atoms with Crippen LogP contribution in [0, 0.1) is 12.8 Å². The first-order chi connectivity index (χ1) is 15.4. The molecule has 1 aliphatic heterocycles. The number of piperidine rings is 1. The summed E-state index contributed by atoms with van der Waals surface area (Å²) < 4.78 is 33.3. The second-order valence-corrected chi connectivity index (χ2v) is 9.94. The second-order valence-electron chi connectivity index (χ2n) is 8.26. The fourth-order valence-electron chi connectivity index (χ4n) is 3.83. The minimum Gasteiger partial charge on any atom is -0.496 e. The van der Waals surface area contributed by atoms with Crippen LogP contribution in [0.4, 0.5) is 11.5 Å². The number of aryl methyl sites for hydroxylation is 1. The number of sulfonamides is 1. The Balaban J connectivity index is 1.45. The van der Waals surface area contributed by atoms with E-state index >= 15 is 0 Å². The van der Waals surface area contributed by atoms with Gasteiger partial charge in [0.05, 0.1) is 17.7 Å². The van der Waals surface area contributed by atoms with Crippen LogP contribution in [0.25, 0.3) is 11.3 Å². The number of ether oxygens (including phenoxy) is 1. The number of aromatic nitrogens is 2. The molecule has 3 aromatic rings. The summed E-state index contributed by atoms with van der Waals surface area (Å²) in [6.45, 7) is 6.12. The van der Waals surface area contributed by atoms with Crippen molar-refractivity contribution in [1.82, 2.24) is 10.2 Å². The van der Waals surface area contributed by atoms with Gasteiger partial charge < -0.3 is 9.64 Å². The standard InChI is InChI=1S/C24H28N4O3S/c1-17-12-14-28(15-13-17)24-11-9-22(25-26-24)19-4-6-20(7-5-19)27-32(29,30)21-8-10-23(31-3)18(2)16-21/h4-11,16-17,27H,12-15H2,1-3H3. The smallest absolute Gasteiger partial charge is 0.261 e. The molecule has 4 rings (SSSR count). The van der Waals surface area contributed by atoms with E-state index in [2.05, 4.69) is 26.7 Å². The predicted molar refractivity (Wildman–Crippen MR) is 127 cm³/mol. The number of benzene rings is 2. The van der Waals surface area contributed by atoms with E-state index in [4.69, 9.17) is 4.74 Å². The van der Waals surface area contributed by atoms with Crippen molar-refractivity contribution in [2.75, 3.05) is 29.8 Å². The van der Waals surface area contributed by atoms with Gasteiger partial charge >= 0.3 is 0 Å². The molecule has 0 spiro atoms. The Morgan fingerprint density at radius 2 is 1.72 bits per heavy atom. The Kier molecular flexibility index (Phi) is 6.32. The number of methoxy groups -OCH3 is 1. The van der Waals surface area contributed by atoms with Crippen LogP contribution in [0.5, 0.6) is 5.75 Å². The van der Waals surface area contributed by atoms with E-state index in [-0.39, 0.29) is 4.90 Å². The van der Waals surface area contributed by atoms with Crippen molar-refractivity contribution in [2.24, 2.45) is 5.92 Å². The van der Waals surface area contributed by atoms with Gasteiger partial charge in [0.2, 0.25) is 0 Å². The number of hydrogen-bond acceptors (Lipinski definition) is 6. The Morgan fingerprint density at radius 3 is 2.31 bits per heavy atom. The van der Waals surface area contributed by atoms with E-state index in [0.717, 1.165) is 41.6 Å². The van der Waals surface area contributed by atoms with E-state index < -0.39 is 10.0 Å². The Labute approximate surface area is 189 Å². The Hall–Kier alpha value is -3.13.